The van der Waals surface area contributed by atoms with Crippen LogP contribution in [-0.4, -0.2) is 53.3 Å². The summed E-state index contributed by atoms with van der Waals surface area (Å²) in [5.41, 5.74) is 1.30. The molecule has 3 rings (SSSR count). The molecule has 0 atom stereocenters. The van der Waals surface area contributed by atoms with Gasteiger partial charge in [0.1, 0.15) is 5.82 Å². The number of benzene rings is 1. The van der Waals surface area contributed by atoms with Gasteiger partial charge in [-0.1, -0.05) is 50.9 Å². The van der Waals surface area contributed by atoms with Gasteiger partial charge >= 0.3 is 0 Å². The largest absolute Gasteiger partial charge is 0.385 e. The zero-order chi connectivity index (χ0) is 23.3. The lowest BCUT2D eigenvalue weighted by atomic mass is 9.84. The number of nitrogens with zero attached hydrogens (tertiary/aromatic N) is 3. The maximum Gasteiger partial charge on any atom is 0.245 e. The van der Waals surface area contributed by atoms with Crippen LogP contribution >= 0.6 is 11.6 Å². The zero-order valence-electron chi connectivity index (χ0n) is 19.4. The van der Waals surface area contributed by atoms with Gasteiger partial charge in [-0.2, -0.15) is 5.10 Å². The Bertz CT molecular complexity index is 947. The number of halogens is 1. The highest BCUT2D eigenvalue weighted by Gasteiger charge is 2.30. The van der Waals surface area contributed by atoms with Crippen molar-refractivity contribution in [2.75, 3.05) is 32.1 Å². The normalized spacial score (nSPS) is 14.2. The summed E-state index contributed by atoms with van der Waals surface area (Å²) in [6.45, 7) is 7.22. The molecular formula is C24H33ClN4O3. The van der Waals surface area contributed by atoms with E-state index in [4.69, 9.17) is 21.4 Å². The minimum atomic E-state index is -0.260. The van der Waals surface area contributed by atoms with E-state index in [1.807, 2.05) is 24.3 Å². The summed E-state index contributed by atoms with van der Waals surface area (Å²) in [7, 11) is 1.63. The number of rotatable bonds is 9. The quantitative estimate of drug-likeness (QED) is 0.562. The number of aromatic nitrogens is 2. The summed E-state index contributed by atoms with van der Waals surface area (Å²) in [6, 6.07) is 9.23. The molecule has 1 aliphatic carbocycles. The third kappa shape index (κ3) is 5.90. The highest BCUT2D eigenvalue weighted by molar-refractivity contribution is 6.32. The summed E-state index contributed by atoms with van der Waals surface area (Å²) in [4.78, 5) is 27.5. The SMILES string of the molecule is COCCCN(CC(=O)Nc1cc(C(C)(C)C)nn1-c1ccccc1Cl)C(=O)C1CCC1. The molecule has 1 heterocycles. The lowest BCUT2D eigenvalue weighted by Crippen LogP contribution is -2.44. The Hall–Kier alpha value is -2.38. The second kappa shape index (κ2) is 10.5. The molecule has 2 aromatic rings. The number of hydrogen-bond donors (Lipinski definition) is 1. The van der Waals surface area contributed by atoms with Crippen molar-refractivity contribution in [3.8, 4) is 5.69 Å². The first-order valence-electron chi connectivity index (χ1n) is 11.1. The molecule has 1 aliphatic rings. The number of carbonyl (C=O) groups excluding carboxylic acids is 2. The van der Waals surface area contributed by atoms with Crippen LogP contribution < -0.4 is 5.32 Å². The Morgan fingerprint density at radius 1 is 1.28 bits per heavy atom. The van der Waals surface area contributed by atoms with Crippen molar-refractivity contribution >= 4 is 29.2 Å². The fourth-order valence-corrected chi connectivity index (χ4v) is 3.80. The number of hydrogen-bond acceptors (Lipinski definition) is 4. The Kier molecular flexibility index (Phi) is 7.96. The van der Waals surface area contributed by atoms with Crippen LogP contribution in [0.5, 0.6) is 0 Å². The van der Waals surface area contributed by atoms with Crippen LogP contribution in [0.15, 0.2) is 30.3 Å². The molecule has 0 radical (unpaired) electrons. The van der Waals surface area contributed by atoms with Crippen LogP contribution in [0.1, 0.15) is 52.1 Å². The third-order valence-electron chi connectivity index (χ3n) is 5.70. The van der Waals surface area contributed by atoms with Gasteiger partial charge in [-0.15, -0.1) is 0 Å². The fourth-order valence-electron chi connectivity index (χ4n) is 3.58. The first-order valence-corrected chi connectivity index (χ1v) is 11.5. The smallest absolute Gasteiger partial charge is 0.245 e. The van der Waals surface area contributed by atoms with Crippen molar-refractivity contribution in [1.29, 1.82) is 0 Å². The number of amides is 2. The summed E-state index contributed by atoms with van der Waals surface area (Å²) in [6.07, 6.45) is 3.56. The zero-order valence-corrected chi connectivity index (χ0v) is 20.1. The van der Waals surface area contributed by atoms with E-state index in [2.05, 4.69) is 26.1 Å². The van der Waals surface area contributed by atoms with Crippen molar-refractivity contribution in [3.05, 3.63) is 41.0 Å². The van der Waals surface area contributed by atoms with E-state index in [9.17, 15) is 9.59 Å². The van der Waals surface area contributed by atoms with Gasteiger partial charge < -0.3 is 15.0 Å². The minimum Gasteiger partial charge on any atom is -0.385 e. The van der Waals surface area contributed by atoms with E-state index in [1.54, 1.807) is 22.8 Å². The van der Waals surface area contributed by atoms with E-state index in [1.165, 1.54) is 0 Å². The van der Waals surface area contributed by atoms with Gasteiger partial charge in [-0.05, 0) is 31.4 Å². The van der Waals surface area contributed by atoms with E-state index < -0.39 is 0 Å². The average molecular weight is 461 g/mol. The predicted octanol–water partition coefficient (Wildman–Crippen LogP) is 4.43. The van der Waals surface area contributed by atoms with Crippen molar-refractivity contribution in [3.63, 3.8) is 0 Å². The van der Waals surface area contributed by atoms with Gasteiger partial charge in [-0.25, -0.2) is 4.68 Å². The second-order valence-electron chi connectivity index (χ2n) is 9.31. The molecule has 1 N–H and O–H groups in total. The number of methoxy groups -OCH3 is 1. The second-order valence-corrected chi connectivity index (χ2v) is 9.72. The van der Waals surface area contributed by atoms with Crippen LogP contribution in [0.25, 0.3) is 5.69 Å². The third-order valence-corrected chi connectivity index (χ3v) is 6.02. The number of para-hydroxylation sites is 1. The molecule has 1 aromatic carbocycles. The minimum absolute atomic E-state index is 0.00238. The fraction of sp³-hybridized carbons (Fsp3) is 0.542. The Balaban J connectivity index is 1.81. The maximum atomic E-state index is 13.0. The first kappa shape index (κ1) is 24.3. The molecular weight excluding hydrogens is 428 g/mol. The van der Waals surface area contributed by atoms with E-state index in [-0.39, 0.29) is 29.7 Å². The average Bonchev–Trinajstić information content (AvgIpc) is 3.10. The van der Waals surface area contributed by atoms with Crippen LogP contribution in [0.2, 0.25) is 5.02 Å². The van der Waals surface area contributed by atoms with Gasteiger partial charge in [0, 0.05) is 37.7 Å². The summed E-state index contributed by atoms with van der Waals surface area (Å²) in [5.74, 6) is 0.355. The lowest BCUT2D eigenvalue weighted by molar-refractivity contribution is -0.140. The number of nitrogens with one attached hydrogen (secondary N) is 1. The van der Waals surface area contributed by atoms with Gasteiger partial charge in [0.15, 0.2) is 0 Å². The molecule has 0 bridgehead atoms. The molecule has 7 nitrogen and oxygen atoms in total. The van der Waals surface area contributed by atoms with E-state index in [0.29, 0.717) is 36.1 Å². The monoisotopic (exact) mass is 460 g/mol. The molecule has 0 unspecified atom stereocenters. The topological polar surface area (TPSA) is 76.5 Å². The molecule has 8 heteroatoms. The highest BCUT2D eigenvalue weighted by atomic mass is 35.5. The van der Waals surface area contributed by atoms with Crippen LogP contribution in [0.4, 0.5) is 5.82 Å². The van der Waals surface area contributed by atoms with Crippen LogP contribution in [-0.2, 0) is 19.7 Å². The molecule has 0 spiro atoms. The Labute approximate surface area is 195 Å². The maximum absolute atomic E-state index is 13.0. The molecule has 32 heavy (non-hydrogen) atoms. The number of ether oxygens (including phenoxy) is 1. The predicted molar refractivity (Wildman–Crippen MR) is 126 cm³/mol. The van der Waals surface area contributed by atoms with Gasteiger partial charge in [0.05, 0.1) is 22.9 Å². The molecule has 174 valence electrons. The summed E-state index contributed by atoms with van der Waals surface area (Å²) < 4.78 is 6.78. The lowest BCUT2D eigenvalue weighted by Gasteiger charge is -2.31. The Morgan fingerprint density at radius 3 is 2.59 bits per heavy atom. The molecule has 1 aromatic heterocycles. The highest BCUT2D eigenvalue weighted by Crippen LogP contribution is 2.30. The van der Waals surface area contributed by atoms with Crippen LogP contribution in [0.3, 0.4) is 0 Å². The summed E-state index contributed by atoms with van der Waals surface area (Å²) >= 11 is 6.41. The summed E-state index contributed by atoms with van der Waals surface area (Å²) in [5, 5.41) is 8.20. The van der Waals surface area contributed by atoms with Gasteiger partial charge in [0.25, 0.3) is 0 Å². The molecule has 1 saturated carbocycles. The van der Waals surface area contributed by atoms with Gasteiger partial charge in [0.2, 0.25) is 11.8 Å². The molecule has 0 saturated heterocycles. The number of anilines is 1. The van der Waals surface area contributed by atoms with Crippen molar-refractivity contribution in [2.24, 2.45) is 5.92 Å². The van der Waals surface area contributed by atoms with Crippen molar-refractivity contribution in [1.82, 2.24) is 14.7 Å². The first-order chi connectivity index (χ1) is 15.2. The number of carbonyl (C=O) groups is 2. The van der Waals surface area contributed by atoms with Crippen molar-refractivity contribution < 1.29 is 14.3 Å². The standard InChI is InChI=1S/C24H33ClN4O3/c1-24(2,3)20-15-21(29(27-20)19-12-6-5-11-18(19)25)26-22(30)16-28(13-8-14-32-4)23(31)17-9-7-10-17/h5-6,11-12,15,17H,7-10,13-14,16H2,1-4H3,(H,26,30). The van der Waals surface area contributed by atoms with Gasteiger partial charge in [-0.3, -0.25) is 9.59 Å². The van der Waals surface area contributed by atoms with Crippen molar-refractivity contribution in [2.45, 2.75) is 51.9 Å². The molecule has 0 aliphatic heterocycles. The molecule has 2 amide bonds. The van der Waals surface area contributed by atoms with E-state index in [0.717, 1.165) is 25.0 Å². The van der Waals surface area contributed by atoms with Crippen LogP contribution in [0, 0.1) is 5.92 Å². The van der Waals surface area contributed by atoms with E-state index >= 15 is 0 Å². The molecule has 1 fully saturated rings. The Morgan fingerprint density at radius 2 is 2.00 bits per heavy atom.